The lowest BCUT2D eigenvalue weighted by atomic mass is 9.84. The number of rotatable bonds is 4. The van der Waals surface area contributed by atoms with Crippen LogP contribution in [0.4, 0.5) is 4.39 Å². The van der Waals surface area contributed by atoms with Crippen molar-refractivity contribution in [1.29, 1.82) is 0 Å². The van der Waals surface area contributed by atoms with Crippen molar-refractivity contribution in [3.8, 4) is 11.5 Å². The fraction of sp³-hybridized carbons (Fsp3) is 0.600. The van der Waals surface area contributed by atoms with Gasteiger partial charge in [-0.2, -0.15) is 0 Å². The van der Waals surface area contributed by atoms with Gasteiger partial charge in [0.05, 0.1) is 20.9 Å². The van der Waals surface area contributed by atoms with E-state index in [2.05, 4.69) is 4.90 Å². The summed E-state index contributed by atoms with van der Waals surface area (Å²) < 4.78 is 23.8. The van der Waals surface area contributed by atoms with Gasteiger partial charge in [0.1, 0.15) is 6.04 Å². The van der Waals surface area contributed by atoms with E-state index < -0.39 is 12.7 Å². The maximum absolute atomic E-state index is 13.0. The predicted molar refractivity (Wildman–Crippen MR) is 96.8 cm³/mol. The summed E-state index contributed by atoms with van der Waals surface area (Å²) in [6.07, 6.45) is 1.43. The van der Waals surface area contributed by atoms with Crippen LogP contribution in [0.25, 0.3) is 0 Å². The number of hydrogen-bond acceptors (Lipinski definition) is 5. The number of alkyl halides is 1. The monoisotopic (exact) mass is 376 g/mol. The number of likely N-dealkylation sites (tertiary alicyclic amines) is 1. The first-order valence-corrected chi connectivity index (χ1v) is 9.42. The Morgan fingerprint density at radius 1 is 1.07 bits per heavy atom. The quantitative estimate of drug-likeness (QED) is 0.802. The summed E-state index contributed by atoms with van der Waals surface area (Å²) in [5.41, 5.74) is 2.27. The van der Waals surface area contributed by atoms with Crippen LogP contribution < -0.4 is 9.47 Å². The fourth-order valence-corrected chi connectivity index (χ4v) is 4.67. The number of carbonyl (C=O) groups excluding carboxylic acids is 2. The van der Waals surface area contributed by atoms with Crippen LogP contribution in [0.2, 0.25) is 0 Å². The van der Waals surface area contributed by atoms with Crippen molar-refractivity contribution in [3.63, 3.8) is 0 Å². The number of ketones is 1. The average molecular weight is 376 g/mol. The highest BCUT2D eigenvalue weighted by atomic mass is 19.1. The second kappa shape index (κ2) is 7.11. The molecule has 0 bridgehead atoms. The van der Waals surface area contributed by atoms with Crippen molar-refractivity contribution in [2.75, 3.05) is 40.5 Å². The van der Waals surface area contributed by atoms with Gasteiger partial charge in [0.15, 0.2) is 17.3 Å². The first-order chi connectivity index (χ1) is 13.0. The lowest BCUT2D eigenvalue weighted by Gasteiger charge is -2.45. The van der Waals surface area contributed by atoms with E-state index in [0.717, 1.165) is 18.5 Å². The van der Waals surface area contributed by atoms with Gasteiger partial charge in [-0.25, -0.2) is 0 Å². The largest absolute Gasteiger partial charge is 0.493 e. The Labute approximate surface area is 158 Å². The van der Waals surface area contributed by atoms with Crippen LogP contribution in [0, 0.1) is 5.92 Å². The van der Waals surface area contributed by atoms with Gasteiger partial charge in [-0.05, 0) is 29.7 Å². The van der Waals surface area contributed by atoms with Crippen molar-refractivity contribution < 1.29 is 23.5 Å². The maximum Gasteiger partial charge on any atom is 0.223 e. The number of carbonyl (C=O) groups is 2. The summed E-state index contributed by atoms with van der Waals surface area (Å²) in [4.78, 5) is 29.0. The Kier molecular flexibility index (Phi) is 4.80. The lowest BCUT2D eigenvalue weighted by Crippen LogP contribution is -2.56. The van der Waals surface area contributed by atoms with Gasteiger partial charge in [-0.1, -0.05) is 0 Å². The average Bonchev–Trinajstić information content (AvgIpc) is 3.06. The van der Waals surface area contributed by atoms with Gasteiger partial charge in [0.25, 0.3) is 0 Å². The molecule has 146 valence electrons. The topological polar surface area (TPSA) is 59.1 Å². The highest BCUT2D eigenvalue weighted by Crippen LogP contribution is 2.42. The molecule has 6 nitrogen and oxygen atoms in total. The molecule has 0 radical (unpaired) electrons. The minimum atomic E-state index is -0.509. The van der Waals surface area contributed by atoms with Gasteiger partial charge in [0.2, 0.25) is 5.91 Å². The highest BCUT2D eigenvalue weighted by molar-refractivity contribution is 5.91. The van der Waals surface area contributed by atoms with E-state index in [0.29, 0.717) is 31.0 Å². The first-order valence-electron chi connectivity index (χ1n) is 9.42. The van der Waals surface area contributed by atoms with Gasteiger partial charge in [-0.3, -0.25) is 18.9 Å². The van der Waals surface area contributed by atoms with E-state index >= 15 is 0 Å². The van der Waals surface area contributed by atoms with Crippen molar-refractivity contribution in [2.45, 2.75) is 31.3 Å². The number of piperidine rings is 1. The third kappa shape index (κ3) is 3.08. The van der Waals surface area contributed by atoms with Crippen LogP contribution in [0.1, 0.15) is 30.0 Å². The van der Waals surface area contributed by atoms with Crippen LogP contribution in [-0.4, -0.2) is 68.1 Å². The number of halogens is 1. The number of nitrogens with zero attached hydrogens (tertiary/aromatic N) is 2. The minimum Gasteiger partial charge on any atom is -0.493 e. The molecule has 0 N–H and O–H groups in total. The molecule has 1 aromatic carbocycles. The zero-order chi connectivity index (χ0) is 19.1. The maximum atomic E-state index is 13.0. The summed E-state index contributed by atoms with van der Waals surface area (Å²) >= 11 is 0. The molecule has 1 amide bonds. The summed E-state index contributed by atoms with van der Waals surface area (Å²) in [5.74, 6) is 1.05. The standard InChI is InChI=1S/C20H25FN2O4/c1-26-18-6-13-3-4-22-11-16(23-10-12(9-21)5-20(23)25)17(24)8-15(22)14(13)7-19(18)27-2/h6-7,12,15-16H,3-5,8-11H2,1-2H3/t12?,15-,16-/m0/s1. The molecule has 2 saturated heterocycles. The second-order valence-corrected chi connectivity index (χ2v) is 7.62. The predicted octanol–water partition coefficient (Wildman–Crippen LogP) is 1.76. The van der Waals surface area contributed by atoms with E-state index in [-0.39, 0.29) is 30.1 Å². The molecule has 0 aromatic heterocycles. The Bertz CT molecular complexity index is 769. The molecule has 0 saturated carbocycles. The summed E-state index contributed by atoms with van der Waals surface area (Å²) in [6.45, 7) is 1.18. The van der Waals surface area contributed by atoms with Gasteiger partial charge < -0.3 is 14.4 Å². The normalized spacial score (nSPS) is 28.1. The summed E-state index contributed by atoms with van der Waals surface area (Å²) in [7, 11) is 3.22. The number of methoxy groups -OCH3 is 2. The fourth-order valence-electron chi connectivity index (χ4n) is 4.67. The zero-order valence-electron chi connectivity index (χ0n) is 15.7. The molecule has 1 unspecified atom stereocenters. The van der Waals surface area contributed by atoms with Crippen LogP contribution >= 0.6 is 0 Å². The summed E-state index contributed by atoms with van der Waals surface area (Å²) in [5, 5.41) is 0. The van der Waals surface area contributed by atoms with Gasteiger partial charge in [-0.15, -0.1) is 0 Å². The Balaban J connectivity index is 1.58. The van der Waals surface area contributed by atoms with Crippen molar-refractivity contribution >= 4 is 11.7 Å². The molecule has 4 rings (SSSR count). The number of fused-ring (bicyclic) bond motifs is 3. The van der Waals surface area contributed by atoms with Crippen molar-refractivity contribution in [1.82, 2.24) is 9.80 Å². The molecule has 3 atom stereocenters. The van der Waals surface area contributed by atoms with Crippen molar-refractivity contribution in [3.05, 3.63) is 23.3 Å². The highest BCUT2D eigenvalue weighted by Gasteiger charge is 2.44. The molecule has 1 aromatic rings. The van der Waals surface area contributed by atoms with Crippen LogP contribution in [-0.2, 0) is 16.0 Å². The number of amides is 1. The van der Waals surface area contributed by atoms with Crippen LogP contribution in [0.5, 0.6) is 11.5 Å². The molecule has 0 spiro atoms. The second-order valence-electron chi connectivity index (χ2n) is 7.62. The van der Waals surface area contributed by atoms with E-state index in [1.807, 2.05) is 12.1 Å². The van der Waals surface area contributed by atoms with E-state index in [1.54, 1.807) is 19.1 Å². The SMILES string of the molecule is COc1cc2c(cc1OC)[C@@H]1CC(=O)[C@@H](N3CC(CF)CC3=O)CN1CC2. The molecule has 0 aliphatic carbocycles. The molecule has 27 heavy (non-hydrogen) atoms. The Morgan fingerprint density at radius 3 is 2.48 bits per heavy atom. The Morgan fingerprint density at radius 2 is 1.81 bits per heavy atom. The van der Waals surface area contributed by atoms with E-state index in [1.165, 1.54) is 5.56 Å². The summed E-state index contributed by atoms with van der Waals surface area (Å²) in [6, 6.07) is 3.51. The third-order valence-corrected chi connectivity index (χ3v) is 6.12. The number of Topliss-reactive ketones (excluding diaryl/α,β-unsaturated/α-hetero) is 1. The lowest BCUT2D eigenvalue weighted by molar-refractivity contribution is -0.140. The smallest absolute Gasteiger partial charge is 0.223 e. The number of hydrogen-bond donors (Lipinski definition) is 0. The van der Waals surface area contributed by atoms with E-state index in [9.17, 15) is 14.0 Å². The van der Waals surface area contributed by atoms with Crippen LogP contribution in [0.3, 0.4) is 0 Å². The molecule has 2 fully saturated rings. The first kappa shape index (κ1) is 18.2. The molecule has 7 heteroatoms. The van der Waals surface area contributed by atoms with Gasteiger partial charge in [0, 0.05) is 44.4 Å². The molecule has 3 aliphatic heterocycles. The minimum absolute atomic E-state index is 0.00742. The molecular formula is C20H25FN2O4. The van der Waals surface area contributed by atoms with Crippen molar-refractivity contribution in [2.24, 2.45) is 5.92 Å². The number of benzene rings is 1. The zero-order valence-corrected chi connectivity index (χ0v) is 15.7. The Hall–Kier alpha value is -2.15. The molecule has 3 aliphatic rings. The van der Waals surface area contributed by atoms with E-state index in [4.69, 9.17) is 9.47 Å². The number of ether oxygens (including phenoxy) is 2. The van der Waals surface area contributed by atoms with Crippen LogP contribution in [0.15, 0.2) is 12.1 Å². The molecular weight excluding hydrogens is 351 g/mol. The third-order valence-electron chi connectivity index (χ3n) is 6.12. The van der Waals surface area contributed by atoms with Gasteiger partial charge >= 0.3 is 0 Å². The molecule has 3 heterocycles.